The highest BCUT2D eigenvalue weighted by molar-refractivity contribution is 5.80. The molecule has 5 nitrogen and oxygen atoms in total. The molecule has 0 bridgehead atoms. The Kier molecular flexibility index (Phi) is 15.0. The Balaban J connectivity index is 0.000000165. The van der Waals surface area contributed by atoms with E-state index in [9.17, 15) is 0 Å². The minimum absolute atomic E-state index is 0. The zero-order chi connectivity index (χ0) is 31.5. The molecule has 6 heteroatoms. The highest BCUT2D eigenvalue weighted by Gasteiger charge is 2.48. The smallest absolute Gasteiger partial charge is 0.0918 e. The molecule has 6 fully saturated rings. The minimum Gasteiger partial charge on any atom is -1.00 e. The first-order chi connectivity index (χ1) is 21.0. The number of hydrogen-bond acceptors (Lipinski definition) is 2. The molecule has 3 aliphatic carbocycles. The highest BCUT2D eigenvalue weighted by atomic mass is 127. The third-order valence-electron chi connectivity index (χ3n) is 13.7. The van der Waals surface area contributed by atoms with Gasteiger partial charge in [-0.15, -0.1) is 0 Å². The van der Waals surface area contributed by atoms with Crippen LogP contribution in [0.3, 0.4) is 0 Å². The first-order valence-electron chi connectivity index (χ1n) is 18.9. The quantitative estimate of drug-likeness (QED) is 0.255. The number of rotatable bonds is 0. The summed E-state index contributed by atoms with van der Waals surface area (Å²) in [4.78, 5) is 3.26. The van der Waals surface area contributed by atoms with Gasteiger partial charge in [0.05, 0.1) is 52.4 Å². The molecule has 0 amide bonds. The van der Waals surface area contributed by atoms with Crippen molar-refractivity contribution in [2.75, 3.05) is 28.2 Å². The number of H-pyrrole nitrogens is 1. The van der Waals surface area contributed by atoms with Gasteiger partial charge in [0.1, 0.15) is 0 Å². The number of aryl methyl sites for hydroxylation is 1. The maximum Gasteiger partial charge on any atom is 0.0918 e. The van der Waals surface area contributed by atoms with E-state index >= 15 is 0 Å². The minimum atomic E-state index is 0. The first kappa shape index (κ1) is 39.8. The number of likely N-dealkylation sites (tertiary alicyclic amines) is 2. The second kappa shape index (κ2) is 17.3. The maximum absolute atomic E-state index is 3.66. The number of para-hydroxylation sites is 1. The normalized spacial score (nSPS) is 36.4. The van der Waals surface area contributed by atoms with Crippen LogP contribution in [0.15, 0.2) is 30.3 Å². The number of nitrogens with one attached hydrogen (secondary N) is 2. The van der Waals surface area contributed by atoms with Crippen LogP contribution in [0.25, 0.3) is 10.9 Å². The molecule has 3 N–H and O–H groups in total. The van der Waals surface area contributed by atoms with Crippen LogP contribution in [0.5, 0.6) is 0 Å². The molecule has 0 spiro atoms. The number of nitrogens with zero attached hydrogens (tertiary/aromatic N) is 2. The van der Waals surface area contributed by atoms with Gasteiger partial charge >= 0.3 is 0 Å². The summed E-state index contributed by atoms with van der Waals surface area (Å²) in [6.07, 6.45) is 22.2. The van der Waals surface area contributed by atoms with Crippen LogP contribution in [0.4, 0.5) is 0 Å². The average molecular weight is 751 g/mol. The van der Waals surface area contributed by atoms with E-state index in [4.69, 9.17) is 0 Å². The third-order valence-corrected chi connectivity index (χ3v) is 13.7. The van der Waals surface area contributed by atoms with Crippen LogP contribution in [0, 0.1) is 24.7 Å². The standard InChI is InChI=1S/2C11H22N.C9H17N.C9H9N.HI.H2O/c2*1-9-8-10-6-4-5-7-11(10)12(9,2)3;2*1-7-6-8-4-2-3-5-9(8)10-7;;/h2*9-11H,4-8H2,1-3H3;7-10H,2-6H2,1H3;2-6,10H,1H3;1H;1H2/q2*+1;;;;/p-2. The topological polar surface area (TPSA) is 57.8 Å². The SMILES string of the molecule is CC1CC2CCCCC2N1.CC1CC2CCCCC2[N+]1(C)C.CC1CC2CCCCC2[N+]1(C)C.Cc1cc2ccccc2[nH]1.[I-].[OH-]. The zero-order valence-corrected chi connectivity index (χ0v) is 33.1. The van der Waals surface area contributed by atoms with E-state index < -0.39 is 0 Å². The Morgan fingerprint density at radius 2 is 1.11 bits per heavy atom. The second-order valence-corrected chi connectivity index (χ2v) is 17.1. The molecular weight excluding hydrogens is 679 g/mol. The van der Waals surface area contributed by atoms with Crippen molar-refractivity contribution < 1.29 is 38.4 Å². The lowest BCUT2D eigenvalue weighted by molar-refractivity contribution is -0.925. The number of halogens is 1. The molecule has 264 valence electrons. The lowest BCUT2D eigenvalue weighted by Crippen LogP contribution is -3.00. The molecule has 3 aliphatic heterocycles. The molecule has 1 aromatic carbocycles. The molecule has 3 saturated carbocycles. The number of quaternary nitrogens is 2. The molecule has 9 unspecified atom stereocenters. The molecule has 3 saturated heterocycles. The van der Waals surface area contributed by atoms with Crippen LogP contribution in [0.2, 0.25) is 0 Å². The zero-order valence-electron chi connectivity index (χ0n) is 30.9. The van der Waals surface area contributed by atoms with Crippen LogP contribution < -0.4 is 29.3 Å². The Bertz CT molecular complexity index is 1090. The summed E-state index contributed by atoms with van der Waals surface area (Å²) in [7, 11) is 9.72. The molecule has 0 radical (unpaired) electrons. The van der Waals surface area contributed by atoms with Crippen LogP contribution >= 0.6 is 0 Å². The van der Waals surface area contributed by atoms with Crippen molar-refractivity contribution in [1.82, 2.24) is 10.3 Å². The van der Waals surface area contributed by atoms with E-state index in [2.05, 4.69) is 90.5 Å². The lowest BCUT2D eigenvalue weighted by Gasteiger charge is -2.39. The Morgan fingerprint density at radius 1 is 0.630 bits per heavy atom. The van der Waals surface area contributed by atoms with Crippen LogP contribution in [0.1, 0.15) is 123 Å². The third kappa shape index (κ3) is 9.31. The van der Waals surface area contributed by atoms with Crippen molar-refractivity contribution in [2.24, 2.45) is 17.8 Å². The number of fused-ring (bicyclic) bond motifs is 4. The summed E-state index contributed by atoms with van der Waals surface area (Å²) in [6, 6.07) is 15.9. The van der Waals surface area contributed by atoms with Crippen molar-refractivity contribution in [3.63, 3.8) is 0 Å². The molecule has 8 rings (SSSR count). The molecule has 9 atom stereocenters. The largest absolute Gasteiger partial charge is 1.00 e. The van der Waals surface area contributed by atoms with E-state index in [-0.39, 0.29) is 29.5 Å². The Morgan fingerprint density at radius 3 is 1.61 bits per heavy atom. The summed E-state index contributed by atoms with van der Waals surface area (Å²) in [5.74, 6) is 3.15. The van der Waals surface area contributed by atoms with Gasteiger partial charge in [-0.2, -0.15) is 0 Å². The maximum atomic E-state index is 3.66. The van der Waals surface area contributed by atoms with Gasteiger partial charge in [0.2, 0.25) is 0 Å². The van der Waals surface area contributed by atoms with Crippen LogP contribution in [-0.4, -0.2) is 83.9 Å². The van der Waals surface area contributed by atoms with Gasteiger partial charge in [-0.3, -0.25) is 0 Å². The van der Waals surface area contributed by atoms with Gasteiger partial charge in [0.25, 0.3) is 0 Å². The average Bonchev–Trinajstić information content (AvgIpc) is 3.70. The molecule has 4 heterocycles. The number of aromatic amines is 1. The predicted octanol–water partition coefficient (Wildman–Crippen LogP) is 6.06. The predicted molar refractivity (Wildman–Crippen MR) is 192 cm³/mol. The van der Waals surface area contributed by atoms with Crippen molar-refractivity contribution in [3.8, 4) is 0 Å². The number of benzene rings is 1. The fourth-order valence-electron chi connectivity index (χ4n) is 10.6. The first-order valence-corrected chi connectivity index (χ1v) is 18.9. The number of aromatic nitrogens is 1. The van der Waals surface area contributed by atoms with E-state index in [1.807, 2.05) is 6.07 Å². The van der Waals surface area contributed by atoms with E-state index in [1.165, 1.54) is 122 Å². The summed E-state index contributed by atoms with van der Waals surface area (Å²) >= 11 is 0. The van der Waals surface area contributed by atoms with Gasteiger partial charge in [0, 0.05) is 48.0 Å². The van der Waals surface area contributed by atoms with Crippen molar-refractivity contribution >= 4 is 10.9 Å². The fraction of sp³-hybridized carbons (Fsp3) is 0.800. The molecular formula is C40H71IN4O. The molecule has 2 aromatic rings. The highest BCUT2D eigenvalue weighted by Crippen LogP contribution is 2.43. The van der Waals surface area contributed by atoms with Gasteiger partial charge in [0.15, 0.2) is 0 Å². The van der Waals surface area contributed by atoms with E-state index in [1.54, 1.807) is 0 Å². The summed E-state index contributed by atoms with van der Waals surface area (Å²) in [5.41, 5.74) is 2.45. The monoisotopic (exact) mass is 750 g/mol. The Labute approximate surface area is 300 Å². The van der Waals surface area contributed by atoms with Crippen molar-refractivity contribution in [2.45, 2.75) is 160 Å². The second-order valence-electron chi connectivity index (χ2n) is 17.1. The summed E-state index contributed by atoms with van der Waals surface area (Å²) < 4.78 is 2.59. The van der Waals surface area contributed by atoms with Gasteiger partial charge in [-0.25, -0.2) is 0 Å². The molecule has 46 heavy (non-hydrogen) atoms. The van der Waals surface area contributed by atoms with Crippen molar-refractivity contribution in [1.29, 1.82) is 0 Å². The lowest BCUT2D eigenvalue weighted by atomic mass is 9.84. The van der Waals surface area contributed by atoms with Crippen LogP contribution in [-0.2, 0) is 0 Å². The Hall–Kier alpha value is -0.670. The van der Waals surface area contributed by atoms with Gasteiger partial charge < -0.3 is 48.7 Å². The van der Waals surface area contributed by atoms with E-state index in [0.717, 1.165) is 54.0 Å². The number of hydrogen-bond donors (Lipinski definition) is 2. The molecule has 6 aliphatic rings. The summed E-state index contributed by atoms with van der Waals surface area (Å²) in [6.45, 7) is 9.24. The van der Waals surface area contributed by atoms with Gasteiger partial charge in [-0.05, 0) is 109 Å². The van der Waals surface area contributed by atoms with E-state index in [0.29, 0.717) is 0 Å². The fourth-order valence-corrected chi connectivity index (χ4v) is 10.6. The molecule has 1 aromatic heterocycles. The van der Waals surface area contributed by atoms with Gasteiger partial charge in [-0.1, -0.05) is 43.9 Å². The van der Waals surface area contributed by atoms with Crippen molar-refractivity contribution in [3.05, 3.63) is 36.0 Å². The summed E-state index contributed by atoms with van der Waals surface area (Å²) in [5, 5.41) is 4.95.